The molecule has 2 aromatic carbocycles. The smallest absolute Gasteiger partial charge is 0.243 e. The van der Waals surface area contributed by atoms with Crippen LogP contribution in [-0.4, -0.2) is 31.7 Å². The molecule has 0 saturated carbocycles. The maximum atomic E-state index is 13.1. The quantitative estimate of drug-likeness (QED) is 0.751. The van der Waals surface area contributed by atoms with Crippen LogP contribution in [0.3, 0.4) is 0 Å². The van der Waals surface area contributed by atoms with Crippen molar-refractivity contribution in [3.05, 3.63) is 57.6 Å². The second kappa shape index (κ2) is 8.41. The zero-order valence-electron chi connectivity index (χ0n) is 15.7. The first-order valence-electron chi connectivity index (χ1n) is 9.02. The van der Waals surface area contributed by atoms with Gasteiger partial charge in [0, 0.05) is 18.8 Å². The molecule has 3 rings (SSSR count). The van der Waals surface area contributed by atoms with Crippen LogP contribution in [0.4, 0.5) is 5.69 Å². The molecule has 5 nitrogen and oxygen atoms in total. The lowest BCUT2D eigenvalue weighted by molar-refractivity contribution is -0.120. The summed E-state index contributed by atoms with van der Waals surface area (Å²) in [6.07, 6.45) is 1.26. The molecule has 150 valence electrons. The lowest BCUT2D eigenvalue weighted by atomic mass is 9.99. The van der Waals surface area contributed by atoms with E-state index in [1.807, 2.05) is 13.0 Å². The lowest BCUT2D eigenvalue weighted by Gasteiger charge is -2.31. The van der Waals surface area contributed by atoms with Crippen LogP contribution >= 0.6 is 23.2 Å². The molecule has 1 unspecified atom stereocenters. The van der Waals surface area contributed by atoms with Gasteiger partial charge in [-0.3, -0.25) is 4.79 Å². The van der Waals surface area contributed by atoms with Crippen LogP contribution in [0.15, 0.2) is 41.3 Å². The summed E-state index contributed by atoms with van der Waals surface area (Å²) in [5, 5.41) is 3.56. The van der Waals surface area contributed by atoms with Crippen molar-refractivity contribution >= 4 is 44.8 Å². The Labute approximate surface area is 175 Å². The Hall–Kier alpha value is -1.60. The molecular weight excluding hydrogens is 419 g/mol. The predicted octanol–water partition coefficient (Wildman–Crippen LogP) is 4.65. The average Bonchev–Trinajstić information content (AvgIpc) is 2.66. The normalized spacial score (nSPS) is 18.1. The summed E-state index contributed by atoms with van der Waals surface area (Å²) < 4.78 is 27.7. The van der Waals surface area contributed by atoms with Crippen LogP contribution in [0.2, 0.25) is 10.0 Å². The number of sulfonamides is 1. The Bertz CT molecular complexity index is 1010. The summed E-state index contributed by atoms with van der Waals surface area (Å²) in [7, 11) is -3.65. The van der Waals surface area contributed by atoms with Crippen LogP contribution < -0.4 is 5.32 Å². The number of hydrogen-bond acceptors (Lipinski definition) is 3. The zero-order valence-corrected chi connectivity index (χ0v) is 18.0. The van der Waals surface area contributed by atoms with Crippen molar-refractivity contribution in [1.29, 1.82) is 0 Å². The number of halogens is 2. The Morgan fingerprint density at radius 3 is 2.57 bits per heavy atom. The number of aryl methyl sites for hydroxylation is 2. The minimum Gasteiger partial charge on any atom is -0.326 e. The highest BCUT2D eigenvalue weighted by Gasteiger charge is 2.34. The van der Waals surface area contributed by atoms with Gasteiger partial charge in [0.2, 0.25) is 15.9 Å². The lowest BCUT2D eigenvalue weighted by Crippen LogP contribution is -2.43. The van der Waals surface area contributed by atoms with Gasteiger partial charge in [0.15, 0.2) is 0 Å². The van der Waals surface area contributed by atoms with Gasteiger partial charge >= 0.3 is 0 Å². The molecule has 1 fully saturated rings. The fraction of sp³-hybridized carbons (Fsp3) is 0.350. The van der Waals surface area contributed by atoms with Gasteiger partial charge < -0.3 is 5.32 Å². The van der Waals surface area contributed by atoms with Gasteiger partial charge in [-0.25, -0.2) is 8.42 Å². The monoisotopic (exact) mass is 440 g/mol. The Kier molecular flexibility index (Phi) is 6.34. The molecule has 1 aliphatic heterocycles. The molecule has 1 N–H and O–H groups in total. The average molecular weight is 441 g/mol. The van der Waals surface area contributed by atoms with Gasteiger partial charge in [-0.15, -0.1) is 0 Å². The van der Waals surface area contributed by atoms with Gasteiger partial charge in [-0.05, 0) is 62.1 Å². The molecule has 1 amide bonds. The fourth-order valence-electron chi connectivity index (χ4n) is 3.32. The van der Waals surface area contributed by atoms with E-state index in [0.29, 0.717) is 45.6 Å². The van der Waals surface area contributed by atoms with Crippen LogP contribution in [0.25, 0.3) is 0 Å². The summed E-state index contributed by atoms with van der Waals surface area (Å²) >= 11 is 11.9. The number of nitrogens with one attached hydrogen (secondary N) is 1. The van der Waals surface area contributed by atoms with Crippen LogP contribution in [0.5, 0.6) is 0 Å². The number of carbonyl (C=O) groups excluding carboxylic acids is 1. The van der Waals surface area contributed by atoms with E-state index in [0.717, 1.165) is 5.56 Å². The van der Waals surface area contributed by atoms with E-state index < -0.39 is 15.9 Å². The first-order valence-corrected chi connectivity index (χ1v) is 11.2. The highest BCUT2D eigenvalue weighted by molar-refractivity contribution is 7.89. The number of amides is 1. The Morgan fingerprint density at radius 2 is 1.86 bits per heavy atom. The molecular formula is C20H22Cl2N2O3S. The van der Waals surface area contributed by atoms with E-state index in [1.54, 1.807) is 37.3 Å². The van der Waals surface area contributed by atoms with Crippen molar-refractivity contribution in [3.8, 4) is 0 Å². The molecule has 28 heavy (non-hydrogen) atoms. The van der Waals surface area contributed by atoms with E-state index in [2.05, 4.69) is 5.32 Å². The molecule has 0 spiro atoms. The maximum Gasteiger partial charge on any atom is 0.243 e. The number of rotatable bonds is 4. The summed E-state index contributed by atoms with van der Waals surface area (Å²) in [6, 6.07) is 10.2. The Morgan fingerprint density at radius 1 is 1.11 bits per heavy atom. The molecule has 8 heteroatoms. The Balaban J connectivity index is 1.76. The van der Waals surface area contributed by atoms with E-state index in [1.165, 1.54) is 4.31 Å². The number of piperidine rings is 1. The minimum absolute atomic E-state index is 0.156. The van der Waals surface area contributed by atoms with Crippen molar-refractivity contribution in [3.63, 3.8) is 0 Å². The van der Waals surface area contributed by atoms with E-state index >= 15 is 0 Å². The zero-order chi connectivity index (χ0) is 20.5. The van der Waals surface area contributed by atoms with Crippen LogP contribution in [0.1, 0.15) is 24.0 Å². The van der Waals surface area contributed by atoms with Crippen molar-refractivity contribution < 1.29 is 13.2 Å². The highest BCUT2D eigenvalue weighted by atomic mass is 35.5. The maximum absolute atomic E-state index is 13.1. The number of anilines is 1. The number of carbonyl (C=O) groups is 1. The third kappa shape index (κ3) is 4.51. The van der Waals surface area contributed by atoms with E-state index in [9.17, 15) is 13.2 Å². The first-order chi connectivity index (χ1) is 13.2. The molecule has 0 aromatic heterocycles. The highest BCUT2D eigenvalue weighted by Crippen LogP contribution is 2.28. The summed E-state index contributed by atoms with van der Waals surface area (Å²) in [5.41, 5.74) is 2.12. The summed E-state index contributed by atoms with van der Waals surface area (Å²) in [4.78, 5) is 13.0. The van der Waals surface area contributed by atoms with Gasteiger partial charge in [0.05, 0.1) is 20.9 Å². The standard InChI is InChI=1S/C20H22Cl2N2O3S/c1-13-5-6-14(2)19(10-13)28(26,27)24-9-3-4-15(12-24)20(25)23-16-7-8-17(21)18(22)11-16/h5-8,10-11,15H,3-4,9,12H2,1-2H3,(H,23,25). The second-order valence-electron chi connectivity index (χ2n) is 7.09. The van der Waals surface area contributed by atoms with Crippen LogP contribution in [-0.2, 0) is 14.8 Å². The van der Waals surface area contributed by atoms with Crippen molar-refractivity contribution in [1.82, 2.24) is 4.31 Å². The molecule has 2 aromatic rings. The molecule has 0 bridgehead atoms. The van der Waals surface area contributed by atoms with Crippen molar-refractivity contribution in [2.75, 3.05) is 18.4 Å². The molecule has 1 aliphatic rings. The topological polar surface area (TPSA) is 66.5 Å². The first kappa shape index (κ1) is 21.1. The SMILES string of the molecule is Cc1ccc(C)c(S(=O)(=O)N2CCCC(C(=O)Nc3ccc(Cl)c(Cl)c3)C2)c1. The van der Waals surface area contributed by atoms with Crippen molar-refractivity contribution in [2.24, 2.45) is 5.92 Å². The number of nitrogens with zero attached hydrogens (tertiary/aromatic N) is 1. The van der Waals surface area contributed by atoms with E-state index in [4.69, 9.17) is 23.2 Å². The number of benzene rings is 2. The van der Waals surface area contributed by atoms with Crippen LogP contribution in [0, 0.1) is 19.8 Å². The van der Waals surface area contributed by atoms with Gasteiger partial charge in [0.1, 0.15) is 0 Å². The van der Waals surface area contributed by atoms with E-state index in [-0.39, 0.29) is 12.5 Å². The summed E-state index contributed by atoms with van der Waals surface area (Å²) in [5.74, 6) is -0.651. The largest absolute Gasteiger partial charge is 0.326 e. The minimum atomic E-state index is -3.65. The third-order valence-corrected chi connectivity index (χ3v) is 7.65. The van der Waals surface area contributed by atoms with Crippen molar-refractivity contribution in [2.45, 2.75) is 31.6 Å². The second-order valence-corrected chi connectivity index (χ2v) is 9.81. The predicted molar refractivity (Wildman–Crippen MR) is 112 cm³/mol. The third-order valence-electron chi connectivity index (χ3n) is 4.90. The van der Waals surface area contributed by atoms with Gasteiger partial charge in [0.25, 0.3) is 0 Å². The molecule has 1 heterocycles. The molecule has 0 radical (unpaired) electrons. The number of hydrogen-bond donors (Lipinski definition) is 1. The fourth-order valence-corrected chi connectivity index (χ4v) is 5.45. The van der Waals surface area contributed by atoms with Gasteiger partial charge in [-0.1, -0.05) is 35.3 Å². The van der Waals surface area contributed by atoms with Gasteiger partial charge in [-0.2, -0.15) is 4.31 Å². The summed E-state index contributed by atoms with van der Waals surface area (Å²) in [6.45, 7) is 4.21. The molecule has 0 aliphatic carbocycles. The molecule has 1 saturated heterocycles. The molecule has 1 atom stereocenters.